The largest absolute Gasteiger partial charge is 0.359 e. The van der Waals surface area contributed by atoms with Crippen LogP contribution in [0.5, 0.6) is 0 Å². The maximum absolute atomic E-state index is 6.44. The summed E-state index contributed by atoms with van der Waals surface area (Å²) in [5.41, 5.74) is 1.40. The highest BCUT2D eigenvalue weighted by atomic mass is 35.5. The van der Waals surface area contributed by atoms with Crippen molar-refractivity contribution in [3.63, 3.8) is 0 Å². The highest BCUT2D eigenvalue weighted by Crippen LogP contribution is 2.46. The number of allylic oxidation sites excluding steroid dienone is 2. The van der Waals surface area contributed by atoms with Gasteiger partial charge in [-0.2, -0.15) is 0 Å². The molecule has 0 bridgehead atoms. The quantitative estimate of drug-likeness (QED) is 0.734. The lowest BCUT2D eigenvalue weighted by Gasteiger charge is -2.23. The van der Waals surface area contributed by atoms with Gasteiger partial charge in [-0.25, -0.2) is 4.99 Å². The van der Waals surface area contributed by atoms with Crippen molar-refractivity contribution in [2.24, 2.45) is 10.9 Å². The smallest absolute Gasteiger partial charge is 0.132 e. The van der Waals surface area contributed by atoms with Crippen LogP contribution in [-0.2, 0) is 0 Å². The van der Waals surface area contributed by atoms with Crippen LogP contribution in [0.3, 0.4) is 0 Å². The van der Waals surface area contributed by atoms with Crippen molar-refractivity contribution in [3.8, 4) is 0 Å². The molecule has 1 aliphatic carbocycles. The van der Waals surface area contributed by atoms with Gasteiger partial charge in [-0.1, -0.05) is 11.6 Å². The summed E-state index contributed by atoms with van der Waals surface area (Å²) in [6, 6.07) is 0. The second-order valence-electron chi connectivity index (χ2n) is 5.99. The van der Waals surface area contributed by atoms with E-state index in [9.17, 15) is 0 Å². The molecule has 102 valence electrons. The molecule has 4 heteroatoms. The normalized spacial score (nSPS) is 30.3. The second-order valence-corrected chi connectivity index (χ2v) is 6.40. The van der Waals surface area contributed by atoms with Gasteiger partial charge in [0.2, 0.25) is 0 Å². The van der Waals surface area contributed by atoms with E-state index in [4.69, 9.17) is 16.6 Å². The fourth-order valence-corrected chi connectivity index (χ4v) is 3.76. The Morgan fingerprint density at radius 1 is 1.00 bits per heavy atom. The minimum atomic E-state index is 0.516. The lowest BCUT2D eigenvalue weighted by atomic mass is 10.3. The van der Waals surface area contributed by atoms with Gasteiger partial charge >= 0.3 is 0 Å². The van der Waals surface area contributed by atoms with Crippen molar-refractivity contribution in [1.29, 1.82) is 0 Å². The molecule has 1 unspecified atom stereocenters. The minimum Gasteiger partial charge on any atom is -0.359 e. The molecule has 1 atom stereocenters. The second kappa shape index (κ2) is 4.55. The topological polar surface area (TPSA) is 18.8 Å². The Morgan fingerprint density at radius 3 is 2.32 bits per heavy atom. The first-order valence-electron chi connectivity index (χ1n) is 7.51. The van der Waals surface area contributed by atoms with E-state index in [1.807, 2.05) is 0 Å². The Hall–Kier alpha value is -0.960. The highest BCUT2D eigenvalue weighted by Gasteiger charge is 2.41. The molecule has 3 heterocycles. The first-order valence-corrected chi connectivity index (χ1v) is 7.89. The molecule has 4 rings (SSSR count). The number of hydrogen-bond acceptors (Lipinski definition) is 3. The molecule has 3 nitrogen and oxygen atoms in total. The molecule has 0 spiro atoms. The van der Waals surface area contributed by atoms with E-state index in [1.54, 1.807) is 0 Å². The number of likely N-dealkylation sites (tertiary alicyclic amines) is 2. The Balaban J connectivity index is 1.68. The Morgan fingerprint density at radius 2 is 1.63 bits per heavy atom. The van der Waals surface area contributed by atoms with E-state index in [0.717, 1.165) is 30.4 Å². The summed E-state index contributed by atoms with van der Waals surface area (Å²) in [5, 5.41) is 0.949. The molecular weight excluding hydrogens is 258 g/mol. The predicted octanol–water partition coefficient (Wildman–Crippen LogP) is 2.94. The lowest BCUT2D eigenvalue weighted by molar-refractivity contribution is 0.417. The standard InChI is InChI=1S/C15H20ClN3/c16-13-10-14(18-5-1-2-6-18)17-15(12-9-11(12)13)19-7-3-4-8-19/h10,12H,1-9H2. The predicted molar refractivity (Wildman–Crippen MR) is 78.1 cm³/mol. The number of amidine groups is 1. The fourth-order valence-electron chi connectivity index (χ4n) is 3.45. The van der Waals surface area contributed by atoms with Crippen molar-refractivity contribution in [2.75, 3.05) is 26.2 Å². The van der Waals surface area contributed by atoms with Crippen LogP contribution in [-0.4, -0.2) is 41.8 Å². The molecule has 1 saturated carbocycles. The number of fused-ring (bicyclic) bond motifs is 1. The van der Waals surface area contributed by atoms with Gasteiger partial charge in [0.1, 0.15) is 11.7 Å². The number of hydrogen-bond donors (Lipinski definition) is 0. The van der Waals surface area contributed by atoms with E-state index in [2.05, 4.69) is 15.9 Å². The van der Waals surface area contributed by atoms with Crippen molar-refractivity contribution in [1.82, 2.24) is 9.80 Å². The summed E-state index contributed by atoms with van der Waals surface area (Å²) in [4.78, 5) is 9.89. The van der Waals surface area contributed by atoms with Crippen LogP contribution >= 0.6 is 11.6 Å². The maximum atomic E-state index is 6.44. The summed E-state index contributed by atoms with van der Waals surface area (Å²) in [5.74, 6) is 2.91. The molecule has 3 fully saturated rings. The van der Waals surface area contributed by atoms with Crippen molar-refractivity contribution in [3.05, 3.63) is 22.5 Å². The van der Waals surface area contributed by atoms with Crippen LogP contribution < -0.4 is 0 Å². The van der Waals surface area contributed by atoms with Gasteiger partial charge in [-0.3, -0.25) is 0 Å². The first kappa shape index (κ1) is 11.8. The lowest BCUT2D eigenvalue weighted by Crippen LogP contribution is -2.30. The van der Waals surface area contributed by atoms with Crippen LogP contribution in [0.2, 0.25) is 0 Å². The van der Waals surface area contributed by atoms with Crippen LogP contribution in [0, 0.1) is 5.92 Å². The van der Waals surface area contributed by atoms with E-state index >= 15 is 0 Å². The summed E-state index contributed by atoms with van der Waals surface area (Å²) >= 11 is 6.44. The molecule has 0 amide bonds. The average Bonchev–Trinajstić information content (AvgIpc) is 2.82. The van der Waals surface area contributed by atoms with Gasteiger partial charge in [-0.05, 0) is 43.8 Å². The van der Waals surface area contributed by atoms with Crippen LogP contribution in [0.25, 0.3) is 0 Å². The number of nitrogens with zero attached hydrogens (tertiary/aromatic N) is 3. The number of aliphatic imine (C=N–C) groups is 1. The zero-order valence-electron chi connectivity index (χ0n) is 11.2. The average molecular weight is 278 g/mol. The molecule has 0 aromatic carbocycles. The van der Waals surface area contributed by atoms with Crippen molar-refractivity contribution >= 4 is 17.4 Å². The molecule has 4 aliphatic rings. The molecule has 3 aliphatic heterocycles. The molecule has 0 aromatic rings. The molecule has 0 N–H and O–H groups in total. The van der Waals surface area contributed by atoms with Crippen molar-refractivity contribution in [2.45, 2.75) is 32.1 Å². The Kier molecular flexibility index (Phi) is 2.83. The monoisotopic (exact) mass is 277 g/mol. The summed E-state index contributed by atoms with van der Waals surface area (Å²) in [6.45, 7) is 4.61. The number of rotatable bonds is 1. The maximum Gasteiger partial charge on any atom is 0.132 e. The van der Waals surface area contributed by atoms with Gasteiger partial charge < -0.3 is 9.80 Å². The first-order chi connectivity index (χ1) is 9.33. The molecule has 2 saturated heterocycles. The van der Waals surface area contributed by atoms with Crippen LogP contribution in [0.15, 0.2) is 27.5 Å². The Bertz CT molecular complexity index is 480. The van der Waals surface area contributed by atoms with Crippen molar-refractivity contribution < 1.29 is 0 Å². The summed E-state index contributed by atoms with van der Waals surface area (Å²) in [6.07, 6.45) is 8.40. The van der Waals surface area contributed by atoms with Gasteiger partial charge in [0, 0.05) is 37.1 Å². The third kappa shape index (κ3) is 2.08. The SMILES string of the molecule is ClC1=C2CC2C(N2CCCC2)=NC(N2CCCC2)=C1. The van der Waals surface area contributed by atoms with Gasteiger partial charge in [0.15, 0.2) is 0 Å². The minimum absolute atomic E-state index is 0.516. The van der Waals surface area contributed by atoms with E-state index in [0.29, 0.717) is 5.92 Å². The zero-order valence-corrected chi connectivity index (χ0v) is 12.0. The molecule has 0 aromatic heterocycles. The van der Waals surface area contributed by atoms with Crippen LogP contribution in [0.4, 0.5) is 0 Å². The zero-order chi connectivity index (χ0) is 12.8. The van der Waals surface area contributed by atoms with Gasteiger partial charge in [0.25, 0.3) is 0 Å². The summed E-state index contributed by atoms with van der Waals surface area (Å²) < 4.78 is 0. The van der Waals surface area contributed by atoms with Crippen LogP contribution in [0.1, 0.15) is 32.1 Å². The fraction of sp³-hybridized carbons (Fsp3) is 0.667. The van der Waals surface area contributed by atoms with E-state index < -0.39 is 0 Å². The Labute approximate surface area is 119 Å². The highest BCUT2D eigenvalue weighted by molar-refractivity contribution is 6.32. The molecule has 0 radical (unpaired) electrons. The summed E-state index contributed by atoms with van der Waals surface area (Å²) in [7, 11) is 0. The third-order valence-corrected chi connectivity index (χ3v) is 5.00. The van der Waals surface area contributed by atoms with E-state index in [-0.39, 0.29) is 0 Å². The third-order valence-electron chi connectivity index (χ3n) is 4.65. The van der Waals surface area contributed by atoms with Gasteiger partial charge in [0.05, 0.1) is 0 Å². The molecular formula is C15H20ClN3. The number of halogens is 1. The molecule has 19 heavy (non-hydrogen) atoms. The van der Waals surface area contributed by atoms with Gasteiger partial charge in [-0.15, -0.1) is 0 Å². The van der Waals surface area contributed by atoms with E-state index in [1.165, 1.54) is 50.2 Å².